The largest absolute Gasteiger partial charge is 0.335 e. The molecular formula is C17H24N2S. The average molecular weight is 288 g/mol. The SMILES string of the molecule is CCC(CC)C1CN=C(Nc2ccc3c(c2)CCC3)S1. The highest BCUT2D eigenvalue weighted by atomic mass is 32.2. The van der Waals surface area contributed by atoms with Crippen LogP contribution in [-0.4, -0.2) is 17.0 Å². The molecule has 2 aliphatic rings. The van der Waals surface area contributed by atoms with Crippen LogP contribution in [0.1, 0.15) is 44.2 Å². The van der Waals surface area contributed by atoms with Crippen LogP contribution < -0.4 is 5.32 Å². The van der Waals surface area contributed by atoms with Crippen LogP contribution >= 0.6 is 11.8 Å². The maximum Gasteiger partial charge on any atom is 0.161 e. The number of hydrogen-bond donors (Lipinski definition) is 1. The number of thioether (sulfide) groups is 1. The van der Waals surface area contributed by atoms with Crippen molar-refractivity contribution in [3.8, 4) is 0 Å². The van der Waals surface area contributed by atoms with Crippen molar-refractivity contribution in [3.63, 3.8) is 0 Å². The van der Waals surface area contributed by atoms with Crippen LogP contribution in [0.2, 0.25) is 0 Å². The molecule has 108 valence electrons. The fraction of sp³-hybridized carbons (Fsp3) is 0.588. The zero-order valence-electron chi connectivity index (χ0n) is 12.5. The molecule has 0 fully saturated rings. The van der Waals surface area contributed by atoms with Crippen LogP contribution in [0.15, 0.2) is 23.2 Å². The van der Waals surface area contributed by atoms with Gasteiger partial charge in [0.1, 0.15) is 0 Å². The Hall–Kier alpha value is -0.960. The van der Waals surface area contributed by atoms with Crippen molar-refractivity contribution in [2.75, 3.05) is 11.9 Å². The van der Waals surface area contributed by atoms with E-state index in [1.54, 1.807) is 0 Å². The van der Waals surface area contributed by atoms with Crippen molar-refractivity contribution in [1.82, 2.24) is 0 Å². The number of amidine groups is 1. The van der Waals surface area contributed by atoms with E-state index in [0.717, 1.165) is 17.6 Å². The van der Waals surface area contributed by atoms with Crippen molar-refractivity contribution in [1.29, 1.82) is 0 Å². The summed E-state index contributed by atoms with van der Waals surface area (Å²) in [5.41, 5.74) is 4.27. The number of nitrogens with zero attached hydrogens (tertiary/aromatic N) is 1. The third kappa shape index (κ3) is 2.88. The minimum Gasteiger partial charge on any atom is -0.335 e. The Labute approximate surface area is 126 Å². The van der Waals surface area contributed by atoms with Gasteiger partial charge in [-0.25, -0.2) is 0 Å². The summed E-state index contributed by atoms with van der Waals surface area (Å²) in [4.78, 5) is 4.69. The van der Waals surface area contributed by atoms with Crippen LogP contribution in [0.3, 0.4) is 0 Å². The molecule has 0 saturated heterocycles. The highest BCUT2D eigenvalue weighted by Gasteiger charge is 2.26. The molecule has 0 amide bonds. The summed E-state index contributed by atoms with van der Waals surface area (Å²) in [5.74, 6) is 0.795. The van der Waals surface area contributed by atoms with Gasteiger partial charge in [-0.3, -0.25) is 4.99 Å². The lowest BCUT2D eigenvalue weighted by Gasteiger charge is -2.18. The quantitative estimate of drug-likeness (QED) is 0.882. The minimum absolute atomic E-state index is 0.668. The smallest absolute Gasteiger partial charge is 0.161 e. The maximum absolute atomic E-state index is 4.69. The van der Waals surface area contributed by atoms with Gasteiger partial charge < -0.3 is 5.32 Å². The number of nitrogens with one attached hydrogen (secondary N) is 1. The maximum atomic E-state index is 4.69. The van der Waals surface area contributed by atoms with Gasteiger partial charge in [0.25, 0.3) is 0 Å². The monoisotopic (exact) mass is 288 g/mol. The zero-order valence-corrected chi connectivity index (χ0v) is 13.3. The lowest BCUT2D eigenvalue weighted by atomic mass is 9.99. The van der Waals surface area contributed by atoms with Crippen molar-refractivity contribution in [3.05, 3.63) is 29.3 Å². The van der Waals surface area contributed by atoms with E-state index in [2.05, 4.69) is 37.4 Å². The molecule has 1 heterocycles. The number of fused-ring (bicyclic) bond motifs is 1. The van der Waals surface area contributed by atoms with Gasteiger partial charge in [0.05, 0.1) is 6.54 Å². The van der Waals surface area contributed by atoms with Gasteiger partial charge in [0, 0.05) is 10.9 Å². The van der Waals surface area contributed by atoms with Crippen molar-refractivity contribution in [2.45, 2.75) is 51.2 Å². The molecule has 20 heavy (non-hydrogen) atoms. The predicted molar refractivity (Wildman–Crippen MR) is 89.8 cm³/mol. The van der Waals surface area contributed by atoms with Gasteiger partial charge in [0.15, 0.2) is 5.17 Å². The lowest BCUT2D eigenvalue weighted by Crippen LogP contribution is -2.17. The molecule has 0 spiro atoms. The number of benzene rings is 1. The Balaban J connectivity index is 1.62. The summed E-state index contributed by atoms with van der Waals surface area (Å²) in [7, 11) is 0. The number of hydrogen-bond acceptors (Lipinski definition) is 3. The van der Waals surface area contributed by atoms with E-state index < -0.39 is 0 Å². The fourth-order valence-electron chi connectivity index (χ4n) is 3.29. The molecule has 0 radical (unpaired) electrons. The van der Waals surface area contributed by atoms with Crippen molar-refractivity contribution < 1.29 is 0 Å². The predicted octanol–water partition coefficient (Wildman–Crippen LogP) is 4.49. The first-order chi connectivity index (χ1) is 9.80. The first-order valence-corrected chi connectivity index (χ1v) is 8.78. The van der Waals surface area contributed by atoms with Crippen molar-refractivity contribution >= 4 is 22.6 Å². The third-order valence-electron chi connectivity index (χ3n) is 4.60. The highest BCUT2D eigenvalue weighted by molar-refractivity contribution is 8.15. The Morgan fingerprint density at radius 1 is 1.25 bits per heavy atom. The normalized spacial score (nSPS) is 21.1. The molecule has 3 rings (SSSR count). The summed E-state index contributed by atoms with van der Waals surface area (Å²) < 4.78 is 0. The zero-order chi connectivity index (χ0) is 13.9. The third-order valence-corrected chi connectivity index (χ3v) is 5.89. The Morgan fingerprint density at radius 2 is 2.05 bits per heavy atom. The standard InChI is InChI=1S/C17H24N2S/c1-3-12(4-2)16-11-18-17(20-16)19-15-9-8-13-6-5-7-14(13)10-15/h8-10,12,16H,3-7,11H2,1-2H3,(H,18,19). The average Bonchev–Trinajstić information content (AvgIpc) is 3.09. The van der Waals surface area contributed by atoms with E-state index in [1.807, 2.05) is 11.8 Å². The summed E-state index contributed by atoms with van der Waals surface area (Å²) in [6.07, 6.45) is 6.32. The van der Waals surface area contributed by atoms with Crippen molar-refractivity contribution in [2.24, 2.45) is 10.9 Å². The van der Waals surface area contributed by atoms with E-state index >= 15 is 0 Å². The van der Waals surface area contributed by atoms with E-state index in [4.69, 9.17) is 4.99 Å². The first kappa shape index (κ1) is 14.0. The molecule has 1 aromatic rings. The molecule has 1 N–H and O–H groups in total. The summed E-state index contributed by atoms with van der Waals surface area (Å²) in [6.45, 7) is 5.56. The molecule has 3 heteroatoms. The minimum atomic E-state index is 0.668. The Morgan fingerprint density at radius 3 is 2.85 bits per heavy atom. The summed E-state index contributed by atoms with van der Waals surface area (Å²) in [6, 6.07) is 6.80. The second-order valence-electron chi connectivity index (χ2n) is 5.84. The van der Waals surface area contributed by atoms with Crippen LogP contribution in [0.5, 0.6) is 0 Å². The Bertz CT molecular complexity index is 506. The Kier molecular flexibility index (Phi) is 4.35. The molecule has 1 aromatic carbocycles. The molecule has 2 nitrogen and oxygen atoms in total. The van der Waals surface area contributed by atoms with E-state index in [9.17, 15) is 0 Å². The van der Waals surface area contributed by atoms with Gasteiger partial charge >= 0.3 is 0 Å². The fourth-order valence-corrected chi connectivity index (χ4v) is 4.63. The van der Waals surface area contributed by atoms with E-state index in [0.29, 0.717) is 5.25 Å². The van der Waals surface area contributed by atoms with Crippen LogP contribution in [0.25, 0.3) is 0 Å². The number of aliphatic imine (C=N–C) groups is 1. The van der Waals surface area contributed by atoms with E-state index in [-0.39, 0.29) is 0 Å². The van der Waals surface area contributed by atoms with Crippen LogP contribution in [0.4, 0.5) is 5.69 Å². The molecule has 0 aromatic heterocycles. The van der Waals surface area contributed by atoms with Gasteiger partial charge in [-0.1, -0.05) is 44.5 Å². The second kappa shape index (κ2) is 6.21. The molecule has 0 bridgehead atoms. The van der Waals surface area contributed by atoms with Crippen LogP contribution in [-0.2, 0) is 12.8 Å². The molecule has 1 atom stereocenters. The summed E-state index contributed by atoms with van der Waals surface area (Å²) >= 11 is 1.93. The molecule has 1 aliphatic carbocycles. The highest BCUT2D eigenvalue weighted by Crippen LogP contribution is 2.32. The number of rotatable bonds is 4. The number of aryl methyl sites for hydroxylation is 2. The first-order valence-electron chi connectivity index (χ1n) is 7.90. The van der Waals surface area contributed by atoms with E-state index in [1.165, 1.54) is 48.9 Å². The van der Waals surface area contributed by atoms with Gasteiger partial charge in [-0.15, -0.1) is 0 Å². The second-order valence-corrected chi connectivity index (χ2v) is 7.07. The molecular weight excluding hydrogens is 264 g/mol. The molecule has 1 unspecified atom stereocenters. The molecule has 0 saturated carbocycles. The number of anilines is 1. The summed E-state index contributed by atoms with van der Waals surface area (Å²) in [5, 5.41) is 5.30. The molecule has 1 aliphatic heterocycles. The van der Waals surface area contributed by atoms with Crippen LogP contribution in [0, 0.1) is 5.92 Å². The van der Waals surface area contributed by atoms with Gasteiger partial charge in [-0.05, 0) is 48.4 Å². The topological polar surface area (TPSA) is 24.4 Å². The lowest BCUT2D eigenvalue weighted by molar-refractivity contribution is 0.479. The van der Waals surface area contributed by atoms with Gasteiger partial charge in [0.2, 0.25) is 0 Å². The van der Waals surface area contributed by atoms with Gasteiger partial charge in [-0.2, -0.15) is 0 Å².